The van der Waals surface area contributed by atoms with Crippen LogP contribution in [-0.2, 0) is 21.4 Å². The van der Waals surface area contributed by atoms with Crippen molar-refractivity contribution in [1.82, 2.24) is 4.90 Å². The van der Waals surface area contributed by atoms with Gasteiger partial charge in [-0.05, 0) is 73.3 Å². The molecule has 0 bridgehead atoms. The van der Waals surface area contributed by atoms with Crippen LogP contribution >= 0.6 is 23.2 Å². The molecule has 8 heteroatoms. The van der Waals surface area contributed by atoms with Gasteiger partial charge in [0, 0.05) is 27.9 Å². The summed E-state index contributed by atoms with van der Waals surface area (Å²) in [5, 5.41) is 6.63. The number of carbonyl (C=O) groups excluding carboxylic acids is 2. The highest BCUT2D eigenvalue weighted by Crippen LogP contribution is 2.66. The van der Waals surface area contributed by atoms with Crippen LogP contribution in [0.5, 0.6) is 0 Å². The van der Waals surface area contributed by atoms with Crippen molar-refractivity contribution in [2.24, 2.45) is 0 Å². The molecule has 6 rings (SSSR count). The number of halogens is 3. The Kier molecular flexibility index (Phi) is 6.92. The molecule has 2 amide bonds. The van der Waals surface area contributed by atoms with Gasteiger partial charge in [0.15, 0.2) is 0 Å². The minimum atomic E-state index is -1.23. The number of carbonyl (C=O) groups is 2. The van der Waals surface area contributed by atoms with Gasteiger partial charge in [-0.25, -0.2) is 4.39 Å². The average molecular weight is 581 g/mol. The van der Waals surface area contributed by atoms with Gasteiger partial charge >= 0.3 is 0 Å². The van der Waals surface area contributed by atoms with Crippen molar-refractivity contribution in [2.45, 2.75) is 68.4 Å². The number of fused-ring (bicyclic) bond motifs is 3. The van der Waals surface area contributed by atoms with E-state index in [4.69, 9.17) is 23.2 Å². The van der Waals surface area contributed by atoms with Crippen LogP contribution in [0.2, 0.25) is 10.0 Å². The Balaban J connectivity index is 1.60. The number of hydrogen-bond acceptors (Lipinski definition) is 3. The van der Waals surface area contributed by atoms with Gasteiger partial charge in [-0.3, -0.25) is 14.5 Å². The highest BCUT2D eigenvalue weighted by Gasteiger charge is 2.74. The lowest BCUT2D eigenvalue weighted by molar-refractivity contribution is -0.126. The van der Waals surface area contributed by atoms with Crippen LogP contribution < -0.4 is 10.6 Å². The van der Waals surface area contributed by atoms with Crippen LogP contribution in [0.1, 0.15) is 61.6 Å². The summed E-state index contributed by atoms with van der Waals surface area (Å²) in [5.74, 6) is -1.96. The normalized spacial score (nSPS) is 25.3. The molecule has 0 aromatic heterocycles. The van der Waals surface area contributed by atoms with Gasteiger partial charge in [0.1, 0.15) is 11.2 Å². The van der Waals surface area contributed by atoms with Crippen LogP contribution in [0.15, 0.2) is 60.7 Å². The van der Waals surface area contributed by atoms with Gasteiger partial charge in [0.05, 0.1) is 11.1 Å². The lowest BCUT2D eigenvalue weighted by Crippen LogP contribution is -2.60. The van der Waals surface area contributed by atoms with E-state index in [0.29, 0.717) is 29.2 Å². The fourth-order valence-electron chi connectivity index (χ4n) is 7.79. The number of anilines is 2. The number of likely N-dealkylation sites (N-methyl/N-ethyl adjacent to an activating group) is 1. The molecule has 0 unspecified atom stereocenters. The molecule has 2 aliphatic heterocycles. The summed E-state index contributed by atoms with van der Waals surface area (Å²) < 4.78 is 16.1. The van der Waals surface area contributed by atoms with E-state index in [9.17, 15) is 9.59 Å². The summed E-state index contributed by atoms with van der Waals surface area (Å²) in [6, 6.07) is 17.1. The maximum atomic E-state index is 16.1. The fourth-order valence-corrected chi connectivity index (χ4v) is 8.14. The molecule has 3 aliphatic rings. The summed E-state index contributed by atoms with van der Waals surface area (Å²) >= 11 is 12.7. The number of aryl methyl sites for hydroxylation is 1. The third kappa shape index (κ3) is 3.83. The molecule has 2 spiro atoms. The van der Waals surface area contributed by atoms with Crippen molar-refractivity contribution < 1.29 is 14.0 Å². The number of likely N-dealkylation sites (tertiary alicyclic amines) is 1. The van der Waals surface area contributed by atoms with Crippen molar-refractivity contribution in [3.05, 3.63) is 93.2 Å². The zero-order valence-electron chi connectivity index (χ0n) is 22.6. The summed E-state index contributed by atoms with van der Waals surface area (Å²) in [5.41, 5.74) is 1.49. The molecule has 1 saturated heterocycles. The maximum Gasteiger partial charge on any atom is 0.242 e. The first-order chi connectivity index (χ1) is 19.2. The zero-order valence-corrected chi connectivity index (χ0v) is 24.1. The molecule has 2 heterocycles. The Morgan fingerprint density at radius 1 is 1.07 bits per heavy atom. The molecule has 3 aromatic carbocycles. The molecule has 3 atom stereocenters. The first-order valence-corrected chi connectivity index (χ1v) is 14.7. The number of hydrogen-bond donors (Lipinski definition) is 2. The highest BCUT2D eigenvalue weighted by atomic mass is 35.5. The van der Waals surface area contributed by atoms with Crippen molar-refractivity contribution in [3.63, 3.8) is 0 Å². The monoisotopic (exact) mass is 579 g/mol. The second-order valence-electron chi connectivity index (χ2n) is 11.3. The van der Waals surface area contributed by atoms with E-state index in [2.05, 4.69) is 22.5 Å². The van der Waals surface area contributed by atoms with Crippen molar-refractivity contribution in [2.75, 3.05) is 17.7 Å². The zero-order chi connectivity index (χ0) is 28.2. The molecule has 1 aliphatic carbocycles. The lowest BCUT2D eigenvalue weighted by Gasteiger charge is -2.49. The minimum Gasteiger partial charge on any atom is -0.325 e. The quantitative estimate of drug-likeness (QED) is 0.340. The topological polar surface area (TPSA) is 61.4 Å². The Morgan fingerprint density at radius 3 is 2.50 bits per heavy atom. The van der Waals surface area contributed by atoms with E-state index in [1.807, 2.05) is 37.4 Å². The second kappa shape index (κ2) is 10.2. The molecule has 2 N–H and O–H groups in total. The summed E-state index contributed by atoms with van der Waals surface area (Å²) in [6.45, 7) is 2.08. The van der Waals surface area contributed by atoms with Crippen LogP contribution in [0, 0.1) is 5.82 Å². The predicted octanol–water partition coefficient (Wildman–Crippen LogP) is 7.32. The van der Waals surface area contributed by atoms with Crippen molar-refractivity contribution >= 4 is 46.4 Å². The summed E-state index contributed by atoms with van der Waals surface area (Å²) in [4.78, 5) is 30.9. The summed E-state index contributed by atoms with van der Waals surface area (Å²) in [7, 11) is 1.92. The van der Waals surface area contributed by atoms with Crippen molar-refractivity contribution in [1.29, 1.82) is 0 Å². The van der Waals surface area contributed by atoms with Crippen LogP contribution in [0.4, 0.5) is 15.8 Å². The SMILES string of the molecule is CCc1ccc(NC(=O)[C@H]2[C@H](c3cccc(Cl)c3F)[C@]3(C(=O)Nc4cc(Cl)ccc43)C3(CCCCC3)N2C)cc1. The molecule has 208 valence electrons. The molecule has 2 fully saturated rings. The van der Waals surface area contributed by atoms with Gasteiger partial charge in [-0.2, -0.15) is 0 Å². The molecule has 40 heavy (non-hydrogen) atoms. The first kappa shape index (κ1) is 27.3. The van der Waals surface area contributed by atoms with E-state index >= 15 is 4.39 Å². The minimum absolute atomic E-state index is 0.0380. The molecular weight excluding hydrogens is 548 g/mol. The van der Waals surface area contributed by atoms with E-state index in [0.717, 1.165) is 36.8 Å². The molecule has 3 aromatic rings. The smallest absolute Gasteiger partial charge is 0.242 e. The Hall–Kier alpha value is -2.93. The fraction of sp³-hybridized carbons (Fsp3) is 0.375. The van der Waals surface area contributed by atoms with Gasteiger partial charge in [0.25, 0.3) is 0 Å². The third-order valence-electron chi connectivity index (χ3n) is 9.52. The van der Waals surface area contributed by atoms with E-state index in [-0.39, 0.29) is 22.4 Å². The third-order valence-corrected chi connectivity index (χ3v) is 10.0. The van der Waals surface area contributed by atoms with Crippen LogP contribution in [0.25, 0.3) is 0 Å². The predicted molar refractivity (Wildman–Crippen MR) is 158 cm³/mol. The van der Waals surface area contributed by atoms with E-state index < -0.39 is 28.7 Å². The van der Waals surface area contributed by atoms with Gasteiger partial charge in [0.2, 0.25) is 11.8 Å². The lowest BCUT2D eigenvalue weighted by atomic mass is 9.55. The number of amides is 2. The first-order valence-electron chi connectivity index (χ1n) is 13.9. The number of nitrogens with one attached hydrogen (secondary N) is 2. The van der Waals surface area contributed by atoms with Crippen LogP contribution in [-0.4, -0.2) is 35.3 Å². The van der Waals surface area contributed by atoms with Gasteiger partial charge in [-0.15, -0.1) is 0 Å². The van der Waals surface area contributed by atoms with E-state index in [1.54, 1.807) is 24.3 Å². The second-order valence-corrected chi connectivity index (χ2v) is 12.1. The van der Waals surface area contributed by atoms with Gasteiger partial charge < -0.3 is 10.6 Å². The van der Waals surface area contributed by atoms with Crippen LogP contribution in [0.3, 0.4) is 0 Å². The summed E-state index contributed by atoms with van der Waals surface area (Å²) in [6.07, 6.45) is 5.13. The van der Waals surface area contributed by atoms with Gasteiger partial charge in [-0.1, -0.05) is 79.7 Å². The highest BCUT2D eigenvalue weighted by molar-refractivity contribution is 6.31. The number of rotatable bonds is 4. The number of nitrogens with zero attached hydrogens (tertiary/aromatic N) is 1. The standard InChI is InChI=1S/C32H32Cl2FN3O2/c1-3-19-10-13-21(14-11-19)36-29(39)28-26(22-8-7-9-24(34)27(22)35)32(31(38(28)2)16-5-4-6-17-31)23-15-12-20(33)18-25(23)37-30(32)40/h7-15,18,26,28H,3-6,16-17H2,1-2H3,(H,36,39)(H,37,40)/t26-,28+,32+/m0/s1. The maximum absolute atomic E-state index is 16.1. The van der Waals surface area contributed by atoms with E-state index in [1.165, 1.54) is 6.07 Å². The Labute approximate surface area is 244 Å². The molecular formula is C32H32Cl2FN3O2. The largest absolute Gasteiger partial charge is 0.325 e. The van der Waals surface area contributed by atoms with Crippen molar-refractivity contribution in [3.8, 4) is 0 Å². The molecule has 0 radical (unpaired) electrons. The Bertz CT molecular complexity index is 1490. The molecule has 1 saturated carbocycles. The number of benzene rings is 3. The Morgan fingerprint density at radius 2 is 1.80 bits per heavy atom. The molecule has 5 nitrogen and oxygen atoms in total. The average Bonchev–Trinajstić information content (AvgIpc) is 3.35.